The molecule has 1 aromatic heterocycles. The fraction of sp³-hybridized carbons (Fsp3) is 0.444. The van der Waals surface area contributed by atoms with Gasteiger partial charge >= 0.3 is 0 Å². The van der Waals surface area contributed by atoms with E-state index in [0.717, 1.165) is 39.1 Å². The quantitative estimate of drug-likeness (QED) is 0.904. The summed E-state index contributed by atoms with van der Waals surface area (Å²) in [6, 6.07) is 5.78. The van der Waals surface area contributed by atoms with Gasteiger partial charge < -0.3 is 14.8 Å². The molecule has 1 N–H and O–H groups in total. The van der Waals surface area contributed by atoms with Crippen molar-refractivity contribution in [2.24, 2.45) is 5.92 Å². The average Bonchev–Trinajstić information content (AvgIpc) is 2.98. The topological polar surface area (TPSA) is 60.5 Å². The third-order valence-electron chi connectivity index (χ3n) is 4.21. The lowest BCUT2D eigenvalue weighted by atomic mass is 9.95. The van der Waals surface area contributed by atoms with Gasteiger partial charge in [-0.2, -0.15) is 0 Å². The van der Waals surface area contributed by atoms with Crippen molar-refractivity contribution in [2.75, 3.05) is 13.7 Å². The maximum atomic E-state index is 12.5. The highest BCUT2D eigenvalue weighted by Gasteiger charge is 2.27. The molecule has 1 aliphatic heterocycles. The molecule has 1 aromatic carbocycles. The van der Waals surface area contributed by atoms with E-state index in [-0.39, 0.29) is 11.8 Å². The van der Waals surface area contributed by atoms with Crippen molar-refractivity contribution in [3.8, 4) is 11.5 Å². The molecule has 0 unspecified atom stereocenters. The first-order valence-electron chi connectivity index (χ1n) is 8.14. The van der Waals surface area contributed by atoms with Gasteiger partial charge in [0.2, 0.25) is 5.91 Å². The Balaban J connectivity index is 1.63. The number of methoxy groups -OCH3 is 1. The van der Waals surface area contributed by atoms with Crippen molar-refractivity contribution in [1.82, 2.24) is 10.3 Å². The SMILES string of the molecule is CCc1nc(C)c(CNC(=O)[C@@H]2COc3c(cccc3OC)C2)s1. The van der Waals surface area contributed by atoms with Crippen molar-refractivity contribution in [1.29, 1.82) is 0 Å². The van der Waals surface area contributed by atoms with Crippen molar-refractivity contribution in [2.45, 2.75) is 33.2 Å². The number of nitrogens with one attached hydrogen (secondary N) is 1. The van der Waals surface area contributed by atoms with Crippen LogP contribution in [-0.2, 0) is 24.2 Å². The fourth-order valence-electron chi connectivity index (χ4n) is 2.84. The number of aromatic nitrogens is 1. The molecule has 1 amide bonds. The van der Waals surface area contributed by atoms with E-state index in [4.69, 9.17) is 9.47 Å². The molecule has 0 radical (unpaired) electrons. The molecule has 0 fully saturated rings. The number of para-hydroxylation sites is 1. The van der Waals surface area contributed by atoms with Gasteiger partial charge in [-0.25, -0.2) is 4.98 Å². The first kappa shape index (κ1) is 16.8. The van der Waals surface area contributed by atoms with Gasteiger partial charge in [-0.15, -0.1) is 11.3 Å². The maximum absolute atomic E-state index is 12.5. The number of hydrogen-bond donors (Lipinski definition) is 1. The van der Waals surface area contributed by atoms with Gasteiger partial charge in [-0.05, 0) is 31.4 Å². The van der Waals surface area contributed by atoms with E-state index < -0.39 is 0 Å². The molecule has 128 valence electrons. The Hall–Kier alpha value is -2.08. The number of ether oxygens (including phenoxy) is 2. The van der Waals surface area contributed by atoms with E-state index in [0.29, 0.717) is 19.6 Å². The molecule has 0 spiro atoms. The second-order valence-corrected chi connectivity index (χ2v) is 7.02. The van der Waals surface area contributed by atoms with Crippen LogP contribution in [0.25, 0.3) is 0 Å². The monoisotopic (exact) mass is 346 g/mol. The number of aryl methyl sites for hydroxylation is 2. The van der Waals surface area contributed by atoms with Gasteiger partial charge in [0.05, 0.1) is 30.3 Å². The maximum Gasteiger partial charge on any atom is 0.227 e. The summed E-state index contributed by atoms with van der Waals surface area (Å²) in [6.45, 7) is 4.99. The van der Waals surface area contributed by atoms with Crippen LogP contribution in [0.1, 0.15) is 28.1 Å². The molecule has 2 heterocycles. The van der Waals surface area contributed by atoms with E-state index in [1.165, 1.54) is 0 Å². The van der Waals surface area contributed by atoms with Crippen LogP contribution in [0.2, 0.25) is 0 Å². The Morgan fingerprint density at radius 1 is 1.50 bits per heavy atom. The number of nitrogens with zero attached hydrogens (tertiary/aromatic N) is 1. The second-order valence-electron chi connectivity index (χ2n) is 5.85. The highest BCUT2D eigenvalue weighted by molar-refractivity contribution is 7.11. The van der Waals surface area contributed by atoms with Crippen LogP contribution in [0.3, 0.4) is 0 Å². The van der Waals surface area contributed by atoms with Crippen LogP contribution < -0.4 is 14.8 Å². The largest absolute Gasteiger partial charge is 0.493 e. The Morgan fingerprint density at radius 2 is 2.33 bits per heavy atom. The van der Waals surface area contributed by atoms with Gasteiger partial charge in [-0.3, -0.25) is 4.79 Å². The van der Waals surface area contributed by atoms with Gasteiger partial charge in [0.1, 0.15) is 6.61 Å². The lowest BCUT2D eigenvalue weighted by molar-refractivity contribution is -0.126. The number of carbonyl (C=O) groups excluding carboxylic acids is 1. The minimum absolute atomic E-state index is 0.0225. The average molecular weight is 346 g/mol. The molecule has 6 heteroatoms. The van der Waals surface area contributed by atoms with Crippen molar-refractivity contribution < 1.29 is 14.3 Å². The van der Waals surface area contributed by atoms with Crippen molar-refractivity contribution >= 4 is 17.2 Å². The fourth-order valence-corrected chi connectivity index (χ4v) is 3.79. The first-order valence-corrected chi connectivity index (χ1v) is 8.95. The lowest BCUT2D eigenvalue weighted by Crippen LogP contribution is -2.37. The zero-order chi connectivity index (χ0) is 17.1. The summed E-state index contributed by atoms with van der Waals surface area (Å²) in [4.78, 5) is 18.1. The summed E-state index contributed by atoms with van der Waals surface area (Å²) < 4.78 is 11.1. The highest BCUT2D eigenvalue weighted by Crippen LogP contribution is 2.36. The number of benzene rings is 1. The molecule has 24 heavy (non-hydrogen) atoms. The zero-order valence-corrected chi connectivity index (χ0v) is 15.0. The molecule has 0 aliphatic carbocycles. The number of carbonyl (C=O) groups is 1. The first-order chi connectivity index (χ1) is 11.6. The Morgan fingerprint density at radius 3 is 3.04 bits per heavy atom. The smallest absolute Gasteiger partial charge is 0.227 e. The van der Waals surface area contributed by atoms with Gasteiger partial charge in [0, 0.05) is 4.88 Å². The third kappa shape index (κ3) is 3.38. The minimum Gasteiger partial charge on any atom is -0.493 e. The Labute approximate surface area is 146 Å². The summed E-state index contributed by atoms with van der Waals surface area (Å²) in [5.74, 6) is 1.33. The number of amides is 1. The minimum atomic E-state index is -0.177. The zero-order valence-electron chi connectivity index (χ0n) is 14.2. The summed E-state index contributed by atoms with van der Waals surface area (Å²) in [6.07, 6.45) is 1.59. The van der Waals surface area contributed by atoms with E-state index in [1.54, 1.807) is 18.4 Å². The molecule has 3 rings (SSSR count). The molecule has 0 saturated carbocycles. The molecule has 1 atom stereocenters. The second kappa shape index (κ2) is 7.21. The number of thiazole rings is 1. The van der Waals surface area contributed by atoms with Crippen LogP contribution in [0.15, 0.2) is 18.2 Å². The summed E-state index contributed by atoms with van der Waals surface area (Å²) >= 11 is 1.67. The van der Waals surface area contributed by atoms with Crippen LogP contribution in [0.5, 0.6) is 11.5 Å². The van der Waals surface area contributed by atoms with Gasteiger partial charge in [-0.1, -0.05) is 19.1 Å². The van der Waals surface area contributed by atoms with Gasteiger partial charge in [0.15, 0.2) is 11.5 Å². The van der Waals surface area contributed by atoms with E-state index in [1.807, 2.05) is 25.1 Å². The normalized spacial score (nSPS) is 16.2. The predicted octanol–water partition coefficient (Wildman–Crippen LogP) is 2.89. The molecule has 2 aromatic rings. The number of rotatable bonds is 5. The van der Waals surface area contributed by atoms with E-state index >= 15 is 0 Å². The Kier molecular flexibility index (Phi) is 5.04. The summed E-state index contributed by atoms with van der Waals surface area (Å²) in [7, 11) is 1.62. The Bertz CT molecular complexity index is 742. The summed E-state index contributed by atoms with van der Waals surface area (Å²) in [5, 5.41) is 4.14. The lowest BCUT2D eigenvalue weighted by Gasteiger charge is -2.25. The van der Waals surface area contributed by atoms with Crippen LogP contribution in [-0.4, -0.2) is 24.6 Å². The summed E-state index contributed by atoms with van der Waals surface area (Å²) in [5.41, 5.74) is 2.02. The van der Waals surface area contributed by atoms with Crippen molar-refractivity contribution in [3.05, 3.63) is 39.3 Å². The van der Waals surface area contributed by atoms with Crippen LogP contribution >= 0.6 is 11.3 Å². The standard InChI is InChI=1S/C18H22N2O3S/c1-4-16-20-11(2)15(24-16)9-19-18(21)13-8-12-6-5-7-14(22-3)17(12)23-10-13/h5-7,13H,4,8-10H2,1-3H3,(H,19,21)/t13-/m0/s1. The molecule has 1 aliphatic rings. The third-order valence-corrected chi connectivity index (χ3v) is 5.51. The predicted molar refractivity (Wildman–Crippen MR) is 93.8 cm³/mol. The van der Waals surface area contributed by atoms with Gasteiger partial charge in [0.25, 0.3) is 0 Å². The van der Waals surface area contributed by atoms with E-state index in [9.17, 15) is 4.79 Å². The van der Waals surface area contributed by atoms with E-state index in [2.05, 4.69) is 17.2 Å². The number of fused-ring (bicyclic) bond motifs is 1. The number of hydrogen-bond acceptors (Lipinski definition) is 5. The molecular weight excluding hydrogens is 324 g/mol. The van der Waals surface area contributed by atoms with Crippen molar-refractivity contribution in [3.63, 3.8) is 0 Å². The molecule has 5 nitrogen and oxygen atoms in total. The molecule has 0 saturated heterocycles. The molecular formula is C18H22N2O3S. The molecule has 0 bridgehead atoms. The van der Waals surface area contributed by atoms with Crippen LogP contribution in [0, 0.1) is 12.8 Å². The highest BCUT2D eigenvalue weighted by atomic mass is 32.1. The van der Waals surface area contributed by atoms with Crippen LogP contribution in [0.4, 0.5) is 0 Å².